The predicted molar refractivity (Wildman–Crippen MR) is 162 cm³/mol. The van der Waals surface area contributed by atoms with Gasteiger partial charge in [0, 0.05) is 24.5 Å². The van der Waals surface area contributed by atoms with Crippen LogP contribution in [0.15, 0.2) is 115 Å². The summed E-state index contributed by atoms with van der Waals surface area (Å²) in [7, 11) is 0. The molecule has 2 aliphatic heterocycles. The number of rotatable bonds is 8. The molecule has 5 atom stereocenters. The molecule has 6 nitrogen and oxygen atoms in total. The number of hydrogen-bond donors (Lipinski definition) is 2. The summed E-state index contributed by atoms with van der Waals surface area (Å²) in [5, 5.41) is 22.7. The zero-order valence-electron chi connectivity index (χ0n) is 23.7. The average Bonchev–Trinajstić information content (AvgIpc) is 3.32. The van der Waals surface area contributed by atoms with Gasteiger partial charge in [0.15, 0.2) is 0 Å². The predicted octanol–water partition coefficient (Wildman–Crippen LogP) is 5.41. The fraction of sp³-hybridized carbons (Fsp3) is 0.278. The van der Waals surface area contributed by atoms with Crippen molar-refractivity contribution in [2.75, 3.05) is 6.54 Å². The van der Waals surface area contributed by atoms with Gasteiger partial charge in [-0.1, -0.05) is 121 Å². The molecule has 2 heterocycles. The summed E-state index contributed by atoms with van der Waals surface area (Å²) in [4.78, 5) is 31.0. The third-order valence-corrected chi connectivity index (χ3v) is 8.96. The van der Waals surface area contributed by atoms with Gasteiger partial charge in [0.2, 0.25) is 5.91 Å². The molecule has 0 saturated carbocycles. The summed E-state index contributed by atoms with van der Waals surface area (Å²) in [6, 6.07) is 35.5. The number of fused-ring (bicyclic) bond motifs is 2. The number of piperazine rings is 1. The van der Waals surface area contributed by atoms with E-state index in [2.05, 4.69) is 0 Å². The molecule has 0 aromatic heterocycles. The van der Waals surface area contributed by atoms with E-state index in [0.29, 0.717) is 12.8 Å². The Labute approximate surface area is 246 Å². The van der Waals surface area contributed by atoms with Crippen LogP contribution >= 0.6 is 0 Å². The molecule has 2 bridgehead atoms. The molecule has 4 aromatic carbocycles. The minimum Gasteiger partial charge on any atom is -0.480 e. The fourth-order valence-electron chi connectivity index (χ4n) is 7.00. The lowest BCUT2D eigenvalue weighted by molar-refractivity contribution is -0.164. The summed E-state index contributed by atoms with van der Waals surface area (Å²) >= 11 is 0. The minimum atomic E-state index is -1.07. The van der Waals surface area contributed by atoms with Crippen molar-refractivity contribution in [1.82, 2.24) is 9.80 Å². The van der Waals surface area contributed by atoms with Crippen molar-refractivity contribution < 1.29 is 19.8 Å². The van der Waals surface area contributed by atoms with Crippen LogP contribution in [0.2, 0.25) is 0 Å². The standard InChI is InChI=1S/C36H36N2O4/c1-24-17-19-28(20-18-24)31(25-11-5-2-6-12-25)34(39)37-23-29-21-22-30(33(37)36(41)42)38(29)35(40)32(26-13-7-3-8-14-26)27-15-9-4-10-16-27/h2-20,29-33,35,40H,21-23H2,1H3,(H,41,42)/t29-,30?,31?,33-,35?/m0/s1. The van der Waals surface area contributed by atoms with Crippen LogP contribution < -0.4 is 0 Å². The molecule has 3 unspecified atom stereocenters. The lowest BCUT2D eigenvalue weighted by Crippen LogP contribution is -2.66. The lowest BCUT2D eigenvalue weighted by Gasteiger charge is -2.49. The van der Waals surface area contributed by atoms with Gasteiger partial charge in [0.05, 0.1) is 5.92 Å². The number of hydrogen-bond acceptors (Lipinski definition) is 4. The van der Waals surface area contributed by atoms with Crippen molar-refractivity contribution in [3.8, 4) is 0 Å². The fourth-order valence-corrected chi connectivity index (χ4v) is 7.00. The zero-order chi connectivity index (χ0) is 29.2. The average molecular weight is 561 g/mol. The first-order valence-electron chi connectivity index (χ1n) is 14.6. The maximum Gasteiger partial charge on any atom is 0.328 e. The number of aliphatic hydroxyl groups is 1. The van der Waals surface area contributed by atoms with Gasteiger partial charge < -0.3 is 15.1 Å². The molecule has 0 radical (unpaired) electrons. The molecular formula is C36H36N2O4. The van der Waals surface area contributed by atoms with Gasteiger partial charge in [-0.3, -0.25) is 9.69 Å². The Hall–Kier alpha value is -4.26. The van der Waals surface area contributed by atoms with E-state index in [4.69, 9.17) is 0 Å². The number of carbonyl (C=O) groups is 2. The van der Waals surface area contributed by atoms with Crippen molar-refractivity contribution in [3.63, 3.8) is 0 Å². The smallest absolute Gasteiger partial charge is 0.328 e. The monoisotopic (exact) mass is 560 g/mol. The molecule has 2 aliphatic rings. The number of carboxylic acids is 1. The van der Waals surface area contributed by atoms with Crippen LogP contribution in [0.5, 0.6) is 0 Å². The van der Waals surface area contributed by atoms with Gasteiger partial charge in [-0.2, -0.15) is 0 Å². The van der Waals surface area contributed by atoms with E-state index < -0.39 is 30.2 Å². The summed E-state index contributed by atoms with van der Waals surface area (Å²) in [6.45, 7) is 2.25. The molecule has 214 valence electrons. The van der Waals surface area contributed by atoms with Crippen LogP contribution in [0.1, 0.15) is 52.5 Å². The molecule has 6 rings (SSSR count). The molecule has 1 amide bonds. The third kappa shape index (κ3) is 5.24. The highest BCUT2D eigenvalue weighted by molar-refractivity contribution is 5.91. The molecule has 42 heavy (non-hydrogen) atoms. The first-order valence-corrected chi connectivity index (χ1v) is 14.6. The van der Waals surface area contributed by atoms with Gasteiger partial charge in [0.1, 0.15) is 12.3 Å². The SMILES string of the molecule is Cc1ccc(C(C(=O)N2C[C@@H]3CCC([C@H]2C(=O)O)N3C(O)C(c2ccccc2)c2ccccc2)c2ccccc2)cc1. The Morgan fingerprint density at radius 2 is 1.21 bits per heavy atom. The van der Waals surface area contributed by atoms with Crippen LogP contribution in [0, 0.1) is 6.92 Å². The number of amides is 1. The van der Waals surface area contributed by atoms with Crippen LogP contribution in [-0.2, 0) is 9.59 Å². The maximum atomic E-state index is 14.5. The second-order valence-corrected chi connectivity index (χ2v) is 11.5. The quantitative estimate of drug-likeness (QED) is 0.301. The molecule has 6 heteroatoms. The van der Waals surface area contributed by atoms with Crippen molar-refractivity contribution in [3.05, 3.63) is 143 Å². The highest BCUT2D eigenvalue weighted by Crippen LogP contribution is 2.42. The molecule has 2 fully saturated rings. The number of benzene rings is 4. The van der Waals surface area contributed by atoms with E-state index >= 15 is 0 Å². The van der Waals surface area contributed by atoms with Gasteiger partial charge in [-0.15, -0.1) is 0 Å². The van der Waals surface area contributed by atoms with Crippen LogP contribution in [0.3, 0.4) is 0 Å². The molecule has 2 saturated heterocycles. The second kappa shape index (κ2) is 11.9. The summed E-state index contributed by atoms with van der Waals surface area (Å²) in [6.07, 6.45) is 0.360. The van der Waals surface area contributed by atoms with Gasteiger partial charge in [-0.25, -0.2) is 4.79 Å². The van der Waals surface area contributed by atoms with Crippen LogP contribution in [0.25, 0.3) is 0 Å². The van der Waals surface area contributed by atoms with Crippen LogP contribution in [-0.4, -0.2) is 62.8 Å². The van der Waals surface area contributed by atoms with E-state index in [1.165, 1.54) is 0 Å². The summed E-state index contributed by atoms with van der Waals surface area (Å²) in [5.41, 5.74) is 4.69. The molecule has 0 aliphatic carbocycles. The Bertz CT molecular complexity index is 1470. The number of nitrogens with zero attached hydrogens (tertiary/aromatic N) is 2. The number of aliphatic hydroxyl groups excluding tert-OH is 1. The number of aryl methyl sites for hydroxylation is 1. The highest BCUT2D eigenvalue weighted by Gasteiger charge is 2.54. The van der Waals surface area contributed by atoms with Crippen molar-refractivity contribution in [2.45, 2.75) is 56.0 Å². The topological polar surface area (TPSA) is 81.1 Å². The number of carbonyl (C=O) groups excluding carboxylic acids is 1. The molecular weight excluding hydrogens is 524 g/mol. The first kappa shape index (κ1) is 27.9. The Morgan fingerprint density at radius 1 is 0.714 bits per heavy atom. The van der Waals surface area contributed by atoms with Gasteiger partial charge >= 0.3 is 5.97 Å². The lowest BCUT2D eigenvalue weighted by atomic mass is 9.86. The first-order chi connectivity index (χ1) is 20.4. The molecule has 4 aromatic rings. The van der Waals surface area contributed by atoms with Gasteiger partial charge in [-0.05, 0) is 42.0 Å². The van der Waals surface area contributed by atoms with Gasteiger partial charge in [0.25, 0.3) is 0 Å². The third-order valence-electron chi connectivity index (χ3n) is 8.96. The largest absolute Gasteiger partial charge is 0.480 e. The van der Waals surface area contributed by atoms with Crippen molar-refractivity contribution >= 4 is 11.9 Å². The van der Waals surface area contributed by atoms with E-state index in [9.17, 15) is 19.8 Å². The van der Waals surface area contributed by atoms with E-state index in [0.717, 1.165) is 27.8 Å². The summed E-state index contributed by atoms with van der Waals surface area (Å²) < 4.78 is 0. The summed E-state index contributed by atoms with van der Waals surface area (Å²) in [5.74, 6) is -2.24. The normalized spacial score (nSPS) is 21.7. The number of aliphatic carboxylic acids is 1. The van der Waals surface area contributed by atoms with E-state index in [1.807, 2.05) is 127 Å². The zero-order valence-corrected chi connectivity index (χ0v) is 23.7. The number of carboxylic acid groups (broad SMARTS) is 1. The maximum absolute atomic E-state index is 14.5. The number of likely N-dealkylation sites (tertiary alicyclic amines) is 1. The highest BCUT2D eigenvalue weighted by atomic mass is 16.4. The molecule has 0 spiro atoms. The van der Waals surface area contributed by atoms with Crippen molar-refractivity contribution in [2.24, 2.45) is 0 Å². The van der Waals surface area contributed by atoms with Crippen LogP contribution in [0.4, 0.5) is 0 Å². The van der Waals surface area contributed by atoms with E-state index in [1.54, 1.807) is 4.90 Å². The Kier molecular flexibility index (Phi) is 7.92. The van der Waals surface area contributed by atoms with Crippen molar-refractivity contribution in [1.29, 1.82) is 0 Å². The minimum absolute atomic E-state index is 0.158. The second-order valence-electron chi connectivity index (χ2n) is 11.5. The van der Waals surface area contributed by atoms with E-state index in [-0.39, 0.29) is 24.4 Å². The Morgan fingerprint density at radius 3 is 1.74 bits per heavy atom. The molecule has 2 N–H and O–H groups in total. The Balaban J connectivity index is 1.36.